The lowest BCUT2D eigenvalue weighted by molar-refractivity contribution is 0.410. The van der Waals surface area contributed by atoms with E-state index in [1.165, 1.54) is 12.0 Å². The van der Waals surface area contributed by atoms with E-state index < -0.39 is 0 Å². The summed E-state index contributed by atoms with van der Waals surface area (Å²) in [5, 5.41) is 12.4. The Kier molecular flexibility index (Phi) is 4.68. The fourth-order valence-electron chi connectivity index (χ4n) is 3.00. The van der Waals surface area contributed by atoms with Gasteiger partial charge in [-0.2, -0.15) is 5.26 Å². The molecule has 2 atom stereocenters. The minimum absolute atomic E-state index is 0.623. The van der Waals surface area contributed by atoms with Gasteiger partial charge in [-0.1, -0.05) is 18.6 Å². The predicted molar refractivity (Wildman–Crippen MR) is 81.8 cm³/mol. The molecule has 0 amide bonds. The molecule has 0 bridgehead atoms. The largest absolute Gasteiger partial charge is 0.495 e. The maximum Gasteiger partial charge on any atom is 0.143 e. The van der Waals surface area contributed by atoms with E-state index in [0.29, 0.717) is 17.4 Å². The highest BCUT2D eigenvalue weighted by atomic mass is 16.5. The van der Waals surface area contributed by atoms with E-state index in [9.17, 15) is 0 Å². The van der Waals surface area contributed by atoms with Gasteiger partial charge in [0.2, 0.25) is 0 Å². The quantitative estimate of drug-likeness (QED) is 0.842. The van der Waals surface area contributed by atoms with Crippen molar-refractivity contribution in [2.75, 3.05) is 19.0 Å². The van der Waals surface area contributed by atoms with Crippen LogP contribution in [0, 0.1) is 23.2 Å². The minimum atomic E-state index is 0.623. The molecule has 0 radical (unpaired) electrons. The highest BCUT2D eigenvalue weighted by Crippen LogP contribution is 2.30. The second-order valence-electron chi connectivity index (χ2n) is 5.70. The summed E-state index contributed by atoms with van der Waals surface area (Å²) in [6.45, 7) is 5.43. The highest BCUT2D eigenvalue weighted by molar-refractivity contribution is 5.59. The van der Waals surface area contributed by atoms with Gasteiger partial charge in [0.15, 0.2) is 0 Å². The van der Waals surface area contributed by atoms with Crippen molar-refractivity contribution in [3.63, 3.8) is 0 Å². The number of nitrogens with one attached hydrogen (secondary N) is 1. The SMILES string of the molecule is COc1cc(C#N)ccc1NCC1CC(C)=CC(C)C1. The molecule has 0 saturated carbocycles. The van der Waals surface area contributed by atoms with E-state index in [2.05, 4.69) is 31.3 Å². The number of nitriles is 1. The van der Waals surface area contributed by atoms with Crippen LogP contribution in [0.1, 0.15) is 32.3 Å². The first kappa shape index (κ1) is 14.5. The van der Waals surface area contributed by atoms with Gasteiger partial charge in [-0.25, -0.2) is 0 Å². The molecular weight excluding hydrogens is 248 g/mol. The van der Waals surface area contributed by atoms with Crippen LogP contribution in [-0.2, 0) is 0 Å². The van der Waals surface area contributed by atoms with Crippen LogP contribution in [0.2, 0.25) is 0 Å². The third kappa shape index (κ3) is 3.54. The molecule has 3 nitrogen and oxygen atoms in total. The van der Waals surface area contributed by atoms with Crippen LogP contribution < -0.4 is 10.1 Å². The summed E-state index contributed by atoms with van der Waals surface area (Å²) in [6, 6.07) is 7.65. The van der Waals surface area contributed by atoms with Gasteiger partial charge in [0, 0.05) is 12.6 Å². The van der Waals surface area contributed by atoms with Crippen molar-refractivity contribution in [1.29, 1.82) is 5.26 Å². The van der Waals surface area contributed by atoms with E-state index in [4.69, 9.17) is 10.00 Å². The van der Waals surface area contributed by atoms with Crippen molar-refractivity contribution in [3.8, 4) is 11.8 Å². The van der Waals surface area contributed by atoms with Crippen LogP contribution in [0.5, 0.6) is 5.75 Å². The molecule has 1 N–H and O–H groups in total. The molecule has 0 saturated heterocycles. The fraction of sp³-hybridized carbons (Fsp3) is 0.471. The Labute approximate surface area is 121 Å². The molecule has 1 aromatic rings. The molecule has 0 heterocycles. The number of hydrogen-bond acceptors (Lipinski definition) is 3. The van der Waals surface area contributed by atoms with Crippen LogP contribution in [0.15, 0.2) is 29.8 Å². The Bertz CT molecular complexity index is 542. The summed E-state index contributed by atoms with van der Waals surface area (Å²) >= 11 is 0. The Hall–Kier alpha value is -1.95. The van der Waals surface area contributed by atoms with E-state index in [0.717, 1.165) is 24.4 Å². The zero-order valence-corrected chi connectivity index (χ0v) is 12.4. The Morgan fingerprint density at radius 3 is 2.90 bits per heavy atom. The van der Waals surface area contributed by atoms with Crippen molar-refractivity contribution in [2.24, 2.45) is 11.8 Å². The molecule has 1 aliphatic carbocycles. The zero-order chi connectivity index (χ0) is 14.5. The number of allylic oxidation sites excluding steroid dienone is 2. The first-order valence-electron chi connectivity index (χ1n) is 7.11. The Morgan fingerprint density at radius 1 is 1.45 bits per heavy atom. The lowest BCUT2D eigenvalue weighted by atomic mass is 9.84. The molecule has 106 valence electrons. The van der Waals surface area contributed by atoms with Crippen molar-refractivity contribution in [2.45, 2.75) is 26.7 Å². The van der Waals surface area contributed by atoms with Crippen LogP contribution in [0.3, 0.4) is 0 Å². The summed E-state index contributed by atoms with van der Waals surface area (Å²) in [7, 11) is 1.64. The average molecular weight is 270 g/mol. The van der Waals surface area contributed by atoms with Gasteiger partial charge < -0.3 is 10.1 Å². The van der Waals surface area contributed by atoms with Crippen molar-refractivity contribution in [1.82, 2.24) is 0 Å². The lowest BCUT2D eigenvalue weighted by Crippen LogP contribution is -2.20. The number of nitrogens with zero attached hydrogens (tertiary/aromatic N) is 1. The summed E-state index contributed by atoms with van der Waals surface area (Å²) in [6.07, 6.45) is 4.76. The molecule has 0 fully saturated rings. The number of rotatable bonds is 4. The van der Waals surface area contributed by atoms with E-state index >= 15 is 0 Å². The minimum Gasteiger partial charge on any atom is -0.495 e. The normalized spacial score (nSPS) is 21.8. The molecule has 20 heavy (non-hydrogen) atoms. The number of benzene rings is 1. The van der Waals surface area contributed by atoms with E-state index in [1.54, 1.807) is 13.2 Å². The van der Waals surface area contributed by atoms with Crippen LogP contribution in [-0.4, -0.2) is 13.7 Å². The Balaban J connectivity index is 2.01. The van der Waals surface area contributed by atoms with Gasteiger partial charge in [-0.3, -0.25) is 0 Å². The predicted octanol–water partition coefficient (Wildman–Crippen LogP) is 3.97. The second-order valence-corrected chi connectivity index (χ2v) is 5.70. The number of anilines is 1. The maximum atomic E-state index is 8.91. The van der Waals surface area contributed by atoms with Gasteiger partial charge in [0.25, 0.3) is 0 Å². The van der Waals surface area contributed by atoms with Crippen molar-refractivity contribution in [3.05, 3.63) is 35.4 Å². The number of ether oxygens (including phenoxy) is 1. The van der Waals surface area contributed by atoms with Gasteiger partial charge in [0.05, 0.1) is 24.4 Å². The summed E-state index contributed by atoms with van der Waals surface area (Å²) < 4.78 is 5.34. The first-order chi connectivity index (χ1) is 9.62. The molecule has 0 aromatic heterocycles. The van der Waals surface area contributed by atoms with Gasteiger partial charge in [-0.15, -0.1) is 0 Å². The van der Waals surface area contributed by atoms with E-state index in [-0.39, 0.29) is 0 Å². The smallest absolute Gasteiger partial charge is 0.143 e. The van der Waals surface area contributed by atoms with Crippen LogP contribution in [0.4, 0.5) is 5.69 Å². The molecule has 2 unspecified atom stereocenters. The molecular formula is C17H22N2O. The first-order valence-corrected chi connectivity index (χ1v) is 7.11. The lowest BCUT2D eigenvalue weighted by Gasteiger charge is -2.26. The maximum absolute atomic E-state index is 8.91. The highest BCUT2D eigenvalue weighted by Gasteiger charge is 2.18. The summed E-state index contributed by atoms with van der Waals surface area (Å²) in [4.78, 5) is 0. The van der Waals surface area contributed by atoms with Crippen LogP contribution >= 0.6 is 0 Å². The second kappa shape index (κ2) is 6.47. The third-order valence-corrected chi connectivity index (χ3v) is 3.80. The number of methoxy groups -OCH3 is 1. The van der Waals surface area contributed by atoms with Crippen molar-refractivity contribution < 1.29 is 4.74 Å². The standard InChI is InChI=1S/C17H22N2O/c1-12-6-13(2)8-15(7-12)11-19-16-5-4-14(10-18)9-17(16)20-3/h4-6,9,12,15,19H,7-8,11H2,1-3H3. The topological polar surface area (TPSA) is 45.0 Å². The monoisotopic (exact) mass is 270 g/mol. The molecule has 0 aliphatic heterocycles. The molecule has 1 aliphatic rings. The van der Waals surface area contributed by atoms with Gasteiger partial charge in [-0.05, 0) is 43.7 Å². The third-order valence-electron chi connectivity index (χ3n) is 3.80. The van der Waals surface area contributed by atoms with Crippen molar-refractivity contribution >= 4 is 5.69 Å². The van der Waals surface area contributed by atoms with Gasteiger partial charge in [0.1, 0.15) is 5.75 Å². The summed E-state index contributed by atoms with van der Waals surface area (Å²) in [5.74, 6) is 2.06. The molecule has 2 rings (SSSR count). The molecule has 1 aromatic carbocycles. The fourth-order valence-corrected chi connectivity index (χ4v) is 3.00. The molecule has 3 heteroatoms. The summed E-state index contributed by atoms with van der Waals surface area (Å²) in [5.41, 5.74) is 3.08. The van der Waals surface area contributed by atoms with Gasteiger partial charge >= 0.3 is 0 Å². The van der Waals surface area contributed by atoms with E-state index in [1.807, 2.05) is 12.1 Å². The zero-order valence-electron chi connectivity index (χ0n) is 12.4. The van der Waals surface area contributed by atoms with Crippen LogP contribution in [0.25, 0.3) is 0 Å². The Morgan fingerprint density at radius 2 is 2.25 bits per heavy atom. The molecule has 0 spiro atoms. The average Bonchev–Trinajstić information content (AvgIpc) is 2.44. The number of hydrogen-bond donors (Lipinski definition) is 1.